The van der Waals surface area contributed by atoms with Crippen LogP contribution in [0.5, 0.6) is 0 Å². The van der Waals surface area contributed by atoms with Crippen molar-refractivity contribution in [1.82, 2.24) is 15.1 Å². The zero-order chi connectivity index (χ0) is 11.3. The lowest BCUT2D eigenvalue weighted by Gasteiger charge is -2.13. The molecule has 1 aromatic heterocycles. The van der Waals surface area contributed by atoms with E-state index >= 15 is 0 Å². The van der Waals surface area contributed by atoms with Gasteiger partial charge in [0.05, 0.1) is 9.77 Å². The summed E-state index contributed by atoms with van der Waals surface area (Å²) >= 11 is 2.29. The lowest BCUT2D eigenvalue weighted by molar-refractivity contribution is 0.432. The molecule has 3 nitrogen and oxygen atoms in total. The number of hydrogen-bond donors (Lipinski definition) is 1. The number of nitrogens with zero attached hydrogens (tertiary/aromatic N) is 2. The maximum absolute atomic E-state index is 4.32. The molecule has 0 amide bonds. The van der Waals surface area contributed by atoms with Gasteiger partial charge in [0.15, 0.2) is 0 Å². The molecule has 0 radical (unpaired) electrons. The molecule has 1 rings (SSSR count). The Morgan fingerprint density at radius 2 is 2.20 bits per heavy atom. The average Bonchev–Trinajstić information content (AvgIpc) is 2.59. The minimum Gasteiger partial charge on any atom is -0.315 e. The molecule has 15 heavy (non-hydrogen) atoms. The summed E-state index contributed by atoms with van der Waals surface area (Å²) in [4.78, 5) is 0. The van der Waals surface area contributed by atoms with E-state index in [0.29, 0.717) is 12.1 Å². The first-order valence-corrected chi connectivity index (χ1v) is 6.60. The maximum atomic E-state index is 4.32. The third-order valence-corrected chi connectivity index (χ3v) is 2.93. The molecule has 4 heteroatoms. The van der Waals surface area contributed by atoms with Crippen LogP contribution in [-0.4, -0.2) is 22.4 Å². The highest BCUT2D eigenvalue weighted by Crippen LogP contribution is 2.13. The number of hydrogen-bond acceptors (Lipinski definition) is 2. The zero-order valence-electron chi connectivity index (χ0n) is 9.70. The van der Waals surface area contributed by atoms with Crippen LogP contribution in [0.1, 0.15) is 39.7 Å². The molecule has 0 fully saturated rings. The second kappa shape index (κ2) is 6.48. The van der Waals surface area contributed by atoms with Crippen molar-refractivity contribution < 1.29 is 0 Å². The third kappa shape index (κ3) is 4.97. The summed E-state index contributed by atoms with van der Waals surface area (Å²) < 4.78 is 3.26. The fourth-order valence-electron chi connectivity index (χ4n) is 1.48. The molecule has 1 atom stereocenters. The van der Waals surface area contributed by atoms with Crippen LogP contribution in [0.4, 0.5) is 0 Å². The highest BCUT2D eigenvalue weighted by atomic mass is 127. The first kappa shape index (κ1) is 13.0. The summed E-state index contributed by atoms with van der Waals surface area (Å²) in [5.41, 5.74) is 0. The van der Waals surface area contributed by atoms with Crippen molar-refractivity contribution >= 4 is 22.6 Å². The molecule has 0 aliphatic rings. The third-order valence-electron chi connectivity index (χ3n) is 2.37. The Labute approximate surface area is 106 Å². The molecule has 0 spiro atoms. The minimum absolute atomic E-state index is 0.502. The van der Waals surface area contributed by atoms with E-state index in [-0.39, 0.29) is 0 Å². The van der Waals surface area contributed by atoms with Gasteiger partial charge in [0.2, 0.25) is 0 Å². The van der Waals surface area contributed by atoms with Gasteiger partial charge in [-0.15, -0.1) is 0 Å². The van der Waals surface area contributed by atoms with Gasteiger partial charge in [0.1, 0.15) is 0 Å². The van der Waals surface area contributed by atoms with Crippen molar-refractivity contribution in [1.29, 1.82) is 0 Å². The van der Waals surface area contributed by atoms with Crippen molar-refractivity contribution in [2.24, 2.45) is 0 Å². The molecule has 0 aliphatic heterocycles. The molecule has 1 aromatic rings. The molecule has 0 saturated heterocycles. The van der Waals surface area contributed by atoms with Crippen molar-refractivity contribution in [3.63, 3.8) is 0 Å². The molecule has 0 saturated carbocycles. The lowest BCUT2D eigenvalue weighted by atomic mass is 10.2. The van der Waals surface area contributed by atoms with Gasteiger partial charge in [-0.25, -0.2) is 0 Å². The van der Waals surface area contributed by atoms with Crippen molar-refractivity contribution in [3.8, 4) is 0 Å². The van der Waals surface area contributed by atoms with E-state index < -0.39 is 0 Å². The van der Waals surface area contributed by atoms with Crippen molar-refractivity contribution in [2.45, 2.75) is 45.7 Å². The highest BCUT2D eigenvalue weighted by molar-refractivity contribution is 14.1. The summed E-state index contributed by atoms with van der Waals surface area (Å²) in [7, 11) is 0. The maximum Gasteiger partial charge on any atom is 0.0623 e. The van der Waals surface area contributed by atoms with Crippen LogP contribution in [0.15, 0.2) is 12.4 Å². The van der Waals surface area contributed by atoms with Gasteiger partial charge in [-0.3, -0.25) is 4.68 Å². The van der Waals surface area contributed by atoms with Gasteiger partial charge in [0, 0.05) is 18.3 Å². The second-order valence-corrected chi connectivity index (χ2v) is 5.48. The number of nitrogens with one attached hydrogen (secondary N) is 1. The number of halogens is 1. The molecular formula is C11H20IN3. The quantitative estimate of drug-likeness (QED) is 0.645. The fourth-order valence-corrected chi connectivity index (χ4v) is 1.89. The van der Waals surface area contributed by atoms with Gasteiger partial charge in [-0.2, -0.15) is 5.10 Å². The predicted octanol–water partition coefficient (Wildman–Crippen LogP) is 2.83. The largest absolute Gasteiger partial charge is 0.315 e. The van der Waals surface area contributed by atoms with E-state index in [1.807, 2.05) is 6.20 Å². The lowest BCUT2D eigenvalue weighted by Crippen LogP contribution is -2.24. The molecule has 0 bridgehead atoms. The Morgan fingerprint density at radius 1 is 1.47 bits per heavy atom. The highest BCUT2D eigenvalue weighted by Gasteiger charge is 2.05. The van der Waals surface area contributed by atoms with Crippen molar-refractivity contribution in [3.05, 3.63) is 16.0 Å². The van der Waals surface area contributed by atoms with Gasteiger partial charge >= 0.3 is 0 Å². The standard InChI is InChI=1S/C11H20IN3/c1-9(2)13-6-4-5-10(3)15-8-11(12)7-14-15/h7-10,13H,4-6H2,1-3H3. The van der Waals surface area contributed by atoms with Gasteiger partial charge in [0.25, 0.3) is 0 Å². The van der Waals surface area contributed by atoms with Crippen LogP contribution in [0.2, 0.25) is 0 Å². The number of aromatic nitrogens is 2. The SMILES string of the molecule is CC(C)NCCCC(C)n1cc(I)cn1. The predicted molar refractivity (Wildman–Crippen MR) is 72.0 cm³/mol. The van der Waals surface area contributed by atoms with E-state index in [2.05, 4.69) is 64.7 Å². The van der Waals surface area contributed by atoms with Gasteiger partial charge in [-0.1, -0.05) is 13.8 Å². The van der Waals surface area contributed by atoms with Crippen molar-refractivity contribution in [2.75, 3.05) is 6.54 Å². The van der Waals surface area contributed by atoms with E-state index in [9.17, 15) is 0 Å². The topological polar surface area (TPSA) is 29.9 Å². The average molecular weight is 321 g/mol. The van der Waals surface area contributed by atoms with Gasteiger partial charge < -0.3 is 5.32 Å². The smallest absolute Gasteiger partial charge is 0.0623 e. The summed E-state index contributed by atoms with van der Waals surface area (Å²) in [5, 5.41) is 7.74. The normalized spacial score (nSPS) is 13.4. The summed E-state index contributed by atoms with van der Waals surface area (Å²) in [6, 6.07) is 1.09. The second-order valence-electron chi connectivity index (χ2n) is 4.24. The molecule has 0 aliphatic carbocycles. The monoisotopic (exact) mass is 321 g/mol. The summed E-state index contributed by atoms with van der Waals surface area (Å²) in [5.74, 6) is 0. The number of rotatable bonds is 6. The van der Waals surface area contributed by atoms with E-state index in [0.717, 1.165) is 6.54 Å². The van der Waals surface area contributed by atoms with E-state index in [1.54, 1.807) is 0 Å². The summed E-state index contributed by atoms with van der Waals surface area (Å²) in [6.07, 6.45) is 6.39. The van der Waals surface area contributed by atoms with E-state index in [4.69, 9.17) is 0 Å². The summed E-state index contributed by atoms with van der Waals surface area (Å²) in [6.45, 7) is 7.68. The molecule has 1 N–H and O–H groups in total. The Balaban J connectivity index is 2.21. The van der Waals surface area contributed by atoms with Crippen LogP contribution >= 0.6 is 22.6 Å². The van der Waals surface area contributed by atoms with Crippen LogP contribution < -0.4 is 5.32 Å². The van der Waals surface area contributed by atoms with E-state index in [1.165, 1.54) is 16.4 Å². The Kier molecular flexibility index (Phi) is 5.60. The molecule has 1 heterocycles. The Morgan fingerprint density at radius 3 is 2.73 bits per heavy atom. The van der Waals surface area contributed by atoms with Gasteiger partial charge in [-0.05, 0) is 48.9 Å². The minimum atomic E-state index is 0.502. The first-order chi connectivity index (χ1) is 7.09. The molecule has 86 valence electrons. The molecular weight excluding hydrogens is 301 g/mol. The molecule has 0 aromatic carbocycles. The zero-order valence-corrected chi connectivity index (χ0v) is 11.9. The van der Waals surface area contributed by atoms with Crippen LogP contribution in [0.3, 0.4) is 0 Å². The Bertz CT molecular complexity index is 283. The first-order valence-electron chi connectivity index (χ1n) is 5.52. The Hall–Kier alpha value is -0.100. The van der Waals surface area contributed by atoms with Crippen LogP contribution in [-0.2, 0) is 0 Å². The van der Waals surface area contributed by atoms with Crippen LogP contribution in [0.25, 0.3) is 0 Å². The fraction of sp³-hybridized carbons (Fsp3) is 0.727. The molecule has 1 unspecified atom stereocenters. The van der Waals surface area contributed by atoms with Crippen LogP contribution in [0, 0.1) is 3.57 Å².